The monoisotopic (exact) mass is 385 g/mol. The summed E-state index contributed by atoms with van der Waals surface area (Å²) in [7, 11) is 3.40. The fourth-order valence-electron chi connectivity index (χ4n) is 3.12. The second kappa shape index (κ2) is 6.70. The van der Waals surface area contributed by atoms with E-state index < -0.39 is 0 Å². The van der Waals surface area contributed by atoms with Gasteiger partial charge in [-0.3, -0.25) is 9.59 Å². The van der Waals surface area contributed by atoms with E-state index in [9.17, 15) is 9.59 Å². The van der Waals surface area contributed by atoms with E-state index in [1.165, 1.54) is 22.2 Å². The first-order chi connectivity index (χ1) is 13.0. The zero-order chi connectivity index (χ0) is 19.1. The lowest BCUT2D eigenvalue weighted by molar-refractivity contribution is 0.0789. The first-order valence-corrected chi connectivity index (χ1v) is 9.36. The van der Waals surface area contributed by atoms with Gasteiger partial charge in [-0.1, -0.05) is 6.07 Å². The molecule has 1 amide bonds. The van der Waals surface area contributed by atoms with E-state index in [-0.39, 0.29) is 11.5 Å². The number of hydrogen-bond acceptors (Lipinski definition) is 6. The summed E-state index contributed by atoms with van der Waals surface area (Å²) in [6, 6.07) is 5.68. The van der Waals surface area contributed by atoms with Crippen LogP contribution in [0.5, 0.6) is 11.5 Å². The molecular formula is C19H19N3O4S. The summed E-state index contributed by atoms with van der Waals surface area (Å²) in [6.45, 7) is 3.29. The molecule has 0 unspecified atom stereocenters. The van der Waals surface area contributed by atoms with Gasteiger partial charge in [0.25, 0.3) is 11.5 Å². The lowest BCUT2D eigenvalue weighted by Crippen LogP contribution is -2.26. The minimum atomic E-state index is -0.137. The van der Waals surface area contributed by atoms with Crippen molar-refractivity contribution < 1.29 is 14.3 Å². The molecule has 0 atom stereocenters. The Morgan fingerprint density at radius 2 is 2.04 bits per heavy atom. The molecule has 0 saturated heterocycles. The van der Waals surface area contributed by atoms with Crippen LogP contribution in [0.15, 0.2) is 29.3 Å². The summed E-state index contributed by atoms with van der Waals surface area (Å²) in [5, 5.41) is 0.515. The minimum Gasteiger partial charge on any atom is -0.486 e. The largest absolute Gasteiger partial charge is 0.486 e. The predicted octanol–water partition coefficient (Wildman–Crippen LogP) is 2.35. The Morgan fingerprint density at radius 1 is 1.30 bits per heavy atom. The van der Waals surface area contributed by atoms with Crippen molar-refractivity contribution >= 4 is 27.5 Å². The molecule has 4 rings (SSSR count). The number of carbonyl (C=O) groups is 1. The number of carbonyl (C=O) groups excluding carboxylic acids is 1. The normalized spacial score (nSPS) is 13.0. The molecule has 0 bridgehead atoms. The Hall–Kier alpha value is -2.87. The highest BCUT2D eigenvalue weighted by Crippen LogP contribution is 2.32. The minimum absolute atomic E-state index is 0.132. The van der Waals surface area contributed by atoms with Crippen molar-refractivity contribution in [2.75, 3.05) is 20.3 Å². The molecule has 0 spiro atoms. The molecule has 1 aromatic carbocycles. The van der Waals surface area contributed by atoms with Crippen LogP contribution in [0, 0.1) is 6.92 Å². The number of thiophene rings is 1. The molecule has 0 saturated carbocycles. The Labute approximate surface area is 159 Å². The van der Waals surface area contributed by atoms with E-state index in [1.54, 1.807) is 25.9 Å². The number of benzene rings is 1. The number of nitrogens with zero attached hydrogens (tertiary/aromatic N) is 3. The average Bonchev–Trinajstić information content (AvgIpc) is 3.01. The summed E-state index contributed by atoms with van der Waals surface area (Å²) >= 11 is 1.26. The lowest BCUT2D eigenvalue weighted by atomic mass is 10.1. The van der Waals surface area contributed by atoms with Crippen molar-refractivity contribution in [2.24, 2.45) is 7.05 Å². The van der Waals surface area contributed by atoms with Gasteiger partial charge < -0.3 is 18.9 Å². The summed E-state index contributed by atoms with van der Waals surface area (Å²) in [6.07, 6.45) is 1.48. The van der Waals surface area contributed by atoms with Gasteiger partial charge in [-0.15, -0.1) is 11.3 Å². The summed E-state index contributed by atoms with van der Waals surface area (Å²) < 4.78 is 12.6. The number of rotatable bonds is 3. The van der Waals surface area contributed by atoms with E-state index in [2.05, 4.69) is 4.98 Å². The highest BCUT2D eigenvalue weighted by Gasteiger charge is 2.22. The van der Waals surface area contributed by atoms with E-state index in [0.29, 0.717) is 46.2 Å². The highest BCUT2D eigenvalue weighted by atomic mass is 32.1. The fourth-order valence-corrected chi connectivity index (χ4v) is 4.25. The van der Waals surface area contributed by atoms with Crippen molar-refractivity contribution in [2.45, 2.75) is 13.5 Å². The van der Waals surface area contributed by atoms with Crippen molar-refractivity contribution in [1.29, 1.82) is 0 Å². The maximum atomic E-state index is 13.0. The standard InChI is InChI=1S/C19H19N3O4S/c1-11-15-17(20-10-22(3)18(15)23)27-16(11)19(24)21(2)9-12-4-5-13-14(8-12)26-7-6-25-13/h4-5,8,10H,6-7,9H2,1-3H3. The van der Waals surface area contributed by atoms with Gasteiger partial charge in [0, 0.05) is 20.6 Å². The smallest absolute Gasteiger partial charge is 0.264 e. The predicted molar refractivity (Wildman–Crippen MR) is 103 cm³/mol. The summed E-state index contributed by atoms with van der Waals surface area (Å²) in [5.41, 5.74) is 1.49. The molecule has 7 nitrogen and oxygen atoms in total. The molecule has 3 aromatic rings. The van der Waals surface area contributed by atoms with Crippen LogP contribution in [-0.4, -0.2) is 40.6 Å². The van der Waals surface area contributed by atoms with Gasteiger partial charge in [0.1, 0.15) is 18.0 Å². The third kappa shape index (κ3) is 3.06. The van der Waals surface area contributed by atoms with Crippen LogP contribution < -0.4 is 15.0 Å². The van der Waals surface area contributed by atoms with Crippen LogP contribution in [0.25, 0.3) is 10.2 Å². The van der Waals surface area contributed by atoms with Gasteiger partial charge in [-0.05, 0) is 30.2 Å². The van der Waals surface area contributed by atoms with E-state index in [0.717, 1.165) is 11.3 Å². The van der Waals surface area contributed by atoms with Gasteiger partial charge in [0.2, 0.25) is 0 Å². The number of fused-ring (bicyclic) bond motifs is 2. The van der Waals surface area contributed by atoms with E-state index >= 15 is 0 Å². The molecule has 3 heterocycles. The lowest BCUT2D eigenvalue weighted by Gasteiger charge is -2.21. The number of hydrogen-bond donors (Lipinski definition) is 0. The zero-order valence-corrected chi connectivity index (χ0v) is 16.1. The molecule has 0 N–H and O–H groups in total. The van der Waals surface area contributed by atoms with E-state index in [4.69, 9.17) is 9.47 Å². The van der Waals surface area contributed by atoms with Crippen LogP contribution in [0.4, 0.5) is 0 Å². The number of aromatic nitrogens is 2. The van der Waals surface area contributed by atoms with Crippen molar-refractivity contribution in [3.05, 3.63) is 50.9 Å². The molecular weight excluding hydrogens is 366 g/mol. The molecule has 0 aliphatic carbocycles. The summed E-state index contributed by atoms with van der Waals surface area (Å²) in [5.74, 6) is 1.29. The molecule has 0 radical (unpaired) electrons. The van der Waals surface area contributed by atoms with Crippen LogP contribution in [0.3, 0.4) is 0 Å². The van der Waals surface area contributed by atoms with Gasteiger partial charge in [-0.25, -0.2) is 4.98 Å². The van der Waals surface area contributed by atoms with Crippen molar-refractivity contribution in [1.82, 2.24) is 14.5 Å². The number of ether oxygens (including phenoxy) is 2. The third-order valence-electron chi connectivity index (χ3n) is 4.58. The van der Waals surface area contributed by atoms with Gasteiger partial charge in [-0.2, -0.15) is 0 Å². The van der Waals surface area contributed by atoms with Crippen LogP contribution in [0.2, 0.25) is 0 Å². The SMILES string of the molecule is Cc1c(C(=O)N(C)Cc2ccc3c(c2)OCCO3)sc2ncn(C)c(=O)c12. The maximum absolute atomic E-state index is 13.0. The van der Waals surface area contributed by atoms with Crippen molar-refractivity contribution in [3.8, 4) is 11.5 Å². The topological polar surface area (TPSA) is 73.7 Å². The van der Waals surface area contributed by atoms with Gasteiger partial charge in [0.15, 0.2) is 11.5 Å². The highest BCUT2D eigenvalue weighted by molar-refractivity contribution is 7.20. The molecule has 2 aromatic heterocycles. The number of amides is 1. The van der Waals surface area contributed by atoms with Crippen LogP contribution >= 0.6 is 11.3 Å². The first kappa shape index (κ1) is 17.5. The van der Waals surface area contributed by atoms with E-state index in [1.807, 2.05) is 18.2 Å². The van der Waals surface area contributed by atoms with Gasteiger partial charge in [0.05, 0.1) is 16.6 Å². The first-order valence-electron chi connectivity index (χ1n) is 8.54. The molecule has 0 fully saturated rings. The van der Waals surface area contributed by atoms with Crippen molar-refractivity contribution in [3.63, 3.8) is 0 Å². The molecule has 8 heteroatoms. The quantitative estimate of drug-likeness (QED) is 0.692. The summed E-state index contributed by atoms with van der Waals surface area (Å²) in [4.78, 5) is 32.4. The van der Waals surface area contributed by atoms with Gasteiger partial charge >= 0.3 is 0 Å². The van der Waals surface area contributed by atoms with Crippen LogP contribution in [-0.2, 0) is 13.6 Å². The second-order valence-electron chi connectivity index (χ2n) is 6.54. The average molecular weight is 385 g/mol. The maximum Gasteiger partial charge on any atom is 0.264 e. The Balaban J connectivity index is 1.61. The molecule has 1 aliphatic heterocycles. The Kier molecular flexibility index (Phi) is 4.35. The Bertz CT molecular complexity index is 1100. The third-order valence-corrected chi connectivity index (χ3v) is 5.77. The molecule has 1 aliphatic rings. The Morgan fingerprint density at radius 3 is 2.81 bits per heavy atom. The molecule has 140 valence electrons. The molecule has 27 heavy (non-hydrogen) atoms. The number of aryl methyl sites for hydroxylation is 2. The zero-order valence-electron chi connectivity index (χ0n) is 15.3. The van der Waals surface area contributed by atoms with Crippen LogP contribution in [0.1, 0.15) is 20.8 Å². The second-order valence-corrected chi connectivity index (χ2v) is 7.54. The fraction of sp³-hybridized carbons (Fsp3) is 0.316.